The maximum atomic E-state index is 14.1. The summed E-state index contributed by atoms with van der Waals surface area (Å²) in [5.74, 6) is -3.15. The SMILES string of the molecule is CC(C)(C)OC(=O)CCC(CO)NC(=O)CCNC(=O)C1=CC2OC(c3ccccc3)(c3ccccc3)OC2C(OC(=O)c2ccccc2C=CCc2ccccc2O)C1. The number of carbonyl (C=O) groups excluding carboxylic acids is 4. The van der Waals surface area contributed by atoms with Crippen molar-refractivity contribution in [3.05, 3.63) is 155 Å². The van der Waals surface area contributed by atoms with Gasteiger partial charge in [0.25, 0.3) is 0 Å². The summed E-state index contributed by atoms with van der Waals surface area (Å²) in [5, 5.41) is 25.5. The van der Waals surface area contributed by atoms with Crippen LogP contribution in [0.25, 0.3) is 6.08 Å². The second-order valence-corrected chi connectivity index (χ2v) is 15.8. The summed E-state index contributed by atoms with van der Waals surface area (Å²) < 4.78 is 25.2. The lowest BCUT2D eigenvalue weighted by atomic mass is 9.91. The van der Waals surface area contributed by atoms with Crippen molar-refractivity contribution in [2.75, 3.05) is 13.2 Å². The number of para-hydroxylation sites is 1. The van der Waals surface area contributed by atoms with Crippen molar-refractivity contribution in [3.8, 4) is 5.75 Å². The number of rotatable bonds is 16. The summed E-state index contributed by atoms with van der Waals surface area (Å²) in [6.07, 6.45) is 3.32. The number of hydrogen-bond acceptors (Lipinski definition) is 10. The Hall–Kier alpha value is -6.08. The van der Waals surface area contributed by atoms with E-state index >= 15 is 0 Å². The lowest BCUT2D eigenvalue weighted by Crippen LogP contribution is -2.44. The molecule has 60 heavy (non-hydrogen) atoms. The molecule has 4 aromatic carbocycles. The molecular weight excluding hydrogens is 765 g/mol. The van der Waals surface area contributed by atoms with E-state index in [1.807, 2.05) is 84.9 Å². The van der Waals surface area contributed by atoms with E-state index < -0.39 is 59.5 Å². The van der Waals surface area contributed by atoms with E-state index in [1.165, 1.54) is 0 Å². The Balaban J connectivity index is 1.19. The Bertz CT molecular complexity index is 2140. The summed E-state index contributed by atoms with van der Waals surface area (Å²) in [4.78, 5) is 52.8. The van der Waals surface area contributed by atoms with Crippen LogP contribution in [-0.2, 0) is 45.5 Å². The van der Waals surface area contributed by atoms with Crippen molar-refractivity contribution < 1.29 is 48.3 Å². The lowest BCUT2D eigenvalue weighted by molar-refractivity contribution is -0.157. The molecule has 12 heteroatoms. The Morgan fingerprint density at radius 3 is 2.18 bits per heavy atom. The zero-order valence-electron chi connectivity index (χ0n) is 34.0. The maximum Gasteiger partial charge on any atom is 0.339 e. The van der Waals surface area contributed by atoms with E-state index in [1.54, 1.807) is 63.3 Å². The molecule has 0 saturated carbocycles. The topological polar surface area (TPSA) is 170 Å². The molecule has 314 valence electrons. The largest absolute Gasteiger partial charge is 0.508 e. The molecule has 0 bridgehead atoms. The smallest absolute Gasteiger partial charge is 0.339 e. The minimum Gasteiger partial charge on any atom is -0.508 e. The molecule has 4 N–H and O–H groups in total. The van der Waals surface area contributed by atoms with Crippen LogP contribution < -0.4 is 10.6 Å². The van der Waals surface area contributed by atoms with Crippen LogP contribution in [-0.4, -0.2) is 77.1 Å². The summed E-state index contributed by atoms with van der Waals surface area (Å²) in [7, 11) is 0. The van der Waals surface area contributed by atoms with Crippen LogP contribution in [0.2, 0.25) is 0 Å². The van der Waals surface area contributed by atoms with Crippen LogP contribution in [0, 0.1) is 0 Å². The minimum atomic E-state index is -1.39. The minimum absolute atomic E-state index is 0.00347. The van der Waals surface area contributed by atoms with Crippen LogP contribution in [0.15, 0.2) is 127 Å². The number of ether oxygens (including phenoxy) is 4. The Morgan fingerprint density at radius 1 is 0.867 bits per heavy atom. The van der Waals surface area contributed by atoms with Gasteiger partial charge in [-0.05, 0) is 62.9 Å². The van der Waals surface area contributed by atoms with Crippen LogP contribution in [0.4, 0.5) is 0 Å². The Morgan fingerprint density at radius 2 is 1.52 bits per heavy atom. The average molecular weight is 817 g/mol. The van der Waals surface area contributed by atoms with E-state index in [0.717, 1.165) is 5.56 Å². The van der Waals surface area contributed by atoms with Crippen LogP contribution in [0.5, 0.6) is 5.75 Å². The molecule has 6 rings (SSSR count). The van der Waals surface area contributed by atoms with Crippen LogP contribution in [0.1, 0.15) is 79.1 Å². The monoisotopic (exact) mass is 816 g/mol. The second kappa shape index (κ2) is 19.8. The zero-order valence-corrected chi connectivity index (χ0v) is 34.0. The highest BCUT2D eigenvalue weighted by atomic mass is 16.8. The molecular formula is C48H52N2O10. The van der Waals surface area contributed by atoms with Crippen LogP contribution in [0.3, 0.4) is 0 Å². The predicted octanol–water partition coefficient (Wildman–Crippen LogP) is 6.29. The van der Waals surface area contributed by atoms with E-state index in [4.69, 9.17) is 18.9 Å². The van der Waals surface area contributed by atoms with E-state index in [0.29, 0.717) is 28.7 Å². The normalized spacial score (nSPS) is 18.8. The molecule has 1 heterocycles. The first kappa shape index (κ1) is 43.5. The fraction of sp³-hybridized carbons (Fsp3) is 0.333. The van der Waals surface area contributed by atoms with Crippen molar-refractivity contribution in [2.45, 2.75) is 88.6 Å². The number of phenolic OH excluding ortho intramolecular Hbond substituents is 1. The second-order valence-electron chi connectivity index (χ2n) is 15.8. The van der Waals surface area contributed by atoms with Crippen molar-refractivity contribution in [3.63, 3.8) is 0 Å². The molecule has 0 radical (unpaired) electrons. The van der Waals surface area contributed by atoms with Crippen molar-refractivity contribution >= 4 is 29.8 Å². The first-order valence-corrected chi connectivity index (χ1v) is 20.2. The van der Waals surface area contributed by atoms with Gasteiger partial charge < -0.3 is 39.8 Å². The van der Waals surface area contributed by atoms with Gasteiger partial charge in [-0.3, -0.25) is 14.4 Å². The fourth-order valence-corrected chi connectivity index (χ4v) is 7.21. The van der Waals surface area contributed by atoms with Gasteiger partial charge >= 0.3 is 11.9 Å². The van der Waals surface area contributed by atoms with Gasteiger partial charge in [0.2, 0.25) is 17.6 Å². The molecule has 0 spiro atoms. The van der Waals surface area contributed by atoms with Gasteiger partial charge in [0, 0.05) is 42.5 Å². The third kappa shape index (κ3) is 11.1. The number of benzene rings is 4. The number of aliphatic hydroxyl groups excluding tert-OH is 1. The number of esters is 2. The molecule has 12 nitrogen and oxygen atoms in total. The molecule has 4 aromatic rings. The number of fused-ring (bicyclic) bond motifs is 1. The standard InChI is InChI=1S/C48H52N2O10/c1-47(2,3)59-43(54)26-25-37(31-51)50-42(53)27-28-49-45(55)34-29-40(57-46(56)38-23-12-10-15-32(38)17-14-18-33-16-11-13-24-39(33)52)44-41(30-34)58-48(60-44,35-19-6-4-7-20-35)36-21-8-5-9-22-36/h4-17,19-24,30,37,40-41,44,51-52H,18,25-29,31H2,1-3H3,(H,49,55)(H,50,53). The highest BCUT2D eigenvalue weighted by Crippen LogP contribution is 2.47. The molecule has 1 fully saturated rings. The molecule has 4 unspecified atom stereocenters. The molecule has 1 aliphatic heterocycles. The number of aliphatic hydroxyl groups is 1. The fourth-order valence-electron chi connectivity index (χ4n) is 7.21. The number of allylic oxidation sites excluding steroid dienone is 1. The average Bonchev–Trinajstić information content (AvgIpc) is 3.64. The number of amides is 2. The highest BCUT2D eigenvalue weighted by molar-refractivity contribution is 5.95. The van der Waals surface area contributed by atoms with Crippen LogP contribution >= 0.6 is 0 Å². The Labute approximate surface area is 350 Å². The molecule has 1 saturated heterocycles. The number of phenols is 1. The van der Waals surface area contributed by atoms with Crippen molar-refractivity contribution in [2.24, 2.45) is 0 Å². The summed E-state index contributed by atoms with van der Waals surface area (Å²) in [6.45, 7) is 4.89. The van der Waals surface area contributed by atoms with Gasteiger partial charge in [-0.15, -0.1) is 0 Å². The van der Waals surface area contributed by atoms with Gasteiger partial charge in [0.1, 0.15) is 29.7 Å². The Kier molecular flexibility index (Phi) is 14.3. The van der Waals surface area contributed by atoms with Gasteiger partial charge in [0.15, 0.2) is 0 Å². The summed E-state index contributed by atoms with van der Waals surface area (Å²) in [5.41, 5.74) is 2.72. The van der Waals surface area contributed by atoms with Gasteiger partial charge in [0.05, 0.1) is 18.2 Å². The molecule has 2 amide bonds. The quantitative estimate of drug-likeness (QED) is 0.0943. The lowest BCUT2D eigenvalue weighted by Gasteiger charge is -2.31. The maximum absolute atomic E-state index is 14.1. The predicted molar refractivity (Wildman–Crippen MR) is 224 cm³/mol. The summed E-state index contributed by atoms with van der Waals surface area (Å²) in [6, 6.07) is 32.3. The van der Waals surface area contributed by atoms with Gasteiger partial charge in [-0.1, -0.05) is 109 Å². The first-order valence-electron chi connectivity index (χ1n) is 20.2. The van der Waals surface area contributed by atoms with E-state index in [-0.39, 0.29) is 50.2 Å². The van der Waals surface area contributed by atoms with Gasteiger partial charge in [-0.2, -0.15) is 0 Å². The third-order valence-electron chi connectivity index (χ3n) is 10.1. The number of carbonyl (C=O) groups is 4. The summed E-state index contributed by atoms with van der Waals surface area (Å²) >= 11 is 0. The number of nitrogens with one attached hydrogen (secondary N) is 2. The molecule has 2 aliphatic rings. The number of hydrogen-bond donors (Lipinski definition) is 4. The highest BCUT2D eigenvalue weighted by Gasteiger charge is 2.55. The van der Waals surface area contributed by atoms with E-state index in [9.17, 15) is 29.4 Å². The third-order valence-corrected chi connectivity index (χ3v) is 10.1. The van der Waals surface area contributed by atoms with Crippen molar-refractivity contribution in [1.29, 1.82) is 0 Å². The van der Waals surface area contributed by atoms with Crippen molar-refractivity contribution in [1.82, 2.24) is 10.6 Å². The molecule has 1 aliphatic carbocycles. The molecule has 4 atom stereocenters. The molecule has 0 aromatic heterocycles. The zero-order chi connectivity index (χ0) is 42.7. The van der Waals surface area contributed by atoms with E-state index in [2.05, 4.69) is 10.6 Å². The first-order chi connectivity index (χ1) is 28.8. The van der Waals surface area contributed by atoms with Gasteiger partial charge in [-0.25, -0.2) is 4.79 Å². The number of aromatic hydroxyl groups is 1.